The van der Waals surface area contributed by atoms with Crippen LogP contribution in [0, 0.1) is 12.8 Å². The SMILES string of the molecule is COC1(c2noc(-c3sc(N)nc3C)n2)CCCC(C)C1. The number of nitrogen functional groups attached to an aromatic ring is 1. The molecule has 2 atom stereocenters. The number of nitrogens with two attached hydrogens (primary N) is 1. The Balaban J connectivity index is 1.95. The maximum Gasteiger partial charge on any atom is 0.270 e. The number of methoxy groups -OCH3 is 1. The van der Waals surface area contributed by atoms with Crippen molar-refractivity contribution >= 4 is 16.5 Å². The molecule has 1 aliphatic rings. The van der Waals surface area contributed by atoms with Gasteiger partial charge in [-0.3, -0.25) is 0 Å². The minimum absolute atomic E-state index is 0.427. The summed E-state index contributed by atoms with van der Waals surface area (Å²) < 4.78 is 11.2. The van der Waals surface area contributed by atoms with Crippen LogP contribution in [0.25, 0.3) is 10.8 Å². The van der Waals surface area contributed by atoms with E-state index in [1.165, 1.54) is 17.8 Å². The van der Waals surface area contributed by atoms with Gasteiger partial charge in [-0.2, -0.15) is 4.98 Å². The van der Waals surface area contributed by atoms with Crippen molar-refractivity contribution in [3.63, 3.8) is 0 Å². The average molecular weight is 308 g/mol. The quantitative estimate of drug-likeness (QED) is 0.937. The molecule has 2 heterocycles. The van der Waals surface area contributed by atoms with Gasteiger partial charge in [-0.05, 0) is 32.1 Å². The highest BCUT2D eigenvalue weighted by atomic mass is 32.1. The second-order valence-electron chi connectivity index (χ2n) is 5.79. The Morgan fingerprint density at radius 1 is 1.43 bits per heavy atom. The normalized spacial score (nSPS) is 26.1. The number of anilines is 1. The van der Waals surface area contributed by atoms with Crippen LogP contribution in [0.2, 0.25) is 0 Å². The Hall–Kier alpha value is -1.47. The zero-order valence-electron chi connectivity index (χ0n) is 12.5. The maximum absolute atomic E-state index is 5.80. The van der Waals surface area contributed by atoms with E-state index in [9.17, 15) is 0 Å². The third-order valence-corrected chi connectivity index (χ3v) is 5.16. The van der Waals surface area contributed by atoms with Gasteiger partial charge in [0.15, 0.2) is 5.13 Å². The van der Waals surface area contributed by atoms with E-state index in [1.54, 1.807) is 7.11 Å². The van der Waals surface area contributed by atoms with Gasteiger partial charge in [0.1, 0.15) is 10.5 Å². The first kappa shape index (κ1) is 14.5. The lowest BCUT2D eigenvalue weighted by Crippen LogP contribution is -2.35. The first-order valence-corrected chi connectivity index (χ1v) is 7.98. The predicted octanol–water partition coefficient (Wildman–Crippen LogP) is 3.14. The molecule has 0 aliphatic heterocycles. The Bertz CT molecular complexity index is 639. The zero-order chi connectivity index (χ0) is 15.0. The number of hydrogen-bond acceptors (Lipinski definition) is 7. The first-order chi connectivity index (χ1) is 10.0. The van der Waals surface area contributed by atoms with Crippen molar-refractivity contribution in [1.82, 2.24) is 15.1 Å². The topological polar surface area (TPSA) is 87.1 Å². The van der Waals surface area contributed by atoms with Crippen molar-refractivity contribution in [2.75, 3.05) is 12.8 Å². The molecule has 21 heavy (non-hydrogen) atoms. The summed E-state index contributed by atoms with van der Waals surface area (Å²) >= 11 is 1.36. The number of aromatic nitrogens is 3. The van der Waals surface area contributed by atoms with Crippen LogP contribution >= 0.6 is 11.3 Å². The Morgan fingerprint density at radius 3 is 2.86 bits per heavy atom. The summed E-state index contributed by atoms with van der Waals surface area (Å²) in [5.41, 5.74) is 6.12. The van der Waals surface area contributed by atoms with E-state index in [4.69, 9.17) is 15.0 Å². The van der Waals surface area contributed by atoms with E-state index in [2.05, 4.69) is 22.0 Å². The van der Waals surface area contributed by atoms with Crippen LogP contribution < -0.4 is 5.73 Å². The molecule has 0 saturated heterocycles. The Labute approximate surface area is 127 Å². The van der Waals surface area contributed by atoms with E-state index < -0.39 is 5.60 Å². The third-order valence-electron chi connectivity index (χ3n) is 4.19. The molecule has 1 aliphatic carbocycles. The molecule has 6 nitrogen and oxygen atoms in total. The van der Waals surface area contributed by atoms with Crippen LogP contribution in [-0.2, 0) is 10.3 Å². The fourth-order valence-corrected chi connectivity index (χ4v) is 3.85. The number of thiazole rings is 1. The molecule has 2 aromatic heterocycles. The summed E-state index contributed by atoms with van der Waals surface area (Å²) in [6.07, 6.45) is 4.19. The van der Waals surface area contributed by atoms with Crippen molar-refractivity contribution in [3.8, 4) is 10.8 Å². The molecule has 2 aromatic rings. The second kappa shape index (κ2) is 5.38. The molecule has 7 heteroatoms. The largest absolute Gasteiger partial charge is 0.375 e. The molecule has 3 rings (SSSR count). The molecule has 1 fully saturated rings. The number of rotatable bonds is 3. The lowest BCUT2D eigenvalue weighted by Gasteiger charge is -2.36. The van der Waals surface area contributed by atoms with Crippen LogP contribution in [0.4, 0.5) is 5.13 Å². The monoisotopic (exact) mass is 308 g/mol. The number of aryl methyl sites for hydroxylation is 1. The van der Waals surface area contributed by atoms with Gasteiger partial charge in [-0.15, -0.1) is 0 Å². The smallest absolute Gasteiger partial charge is 0.270 e. The van der Waals surface area contributed by atoms with Gasteiger partial charge in [0.05, 0.1) is 5.69 Å². The minimum Gasteiger partial charge on any atom is -0.375 e. The van der Waals surface area contributed by atoms with Crippen LogP contribution in [0.5, 0.6) is 0 Å². The van der Waals surface area contributed by atoms with E-state index in [0.717, 1.165) is 29.8 Å². The number of nitrogens with zero attached hydrogens (tertiary/aromatic N) is 3. The fraction of sp³-hybridized carbons (Fsp3) is 0.643. The highest BCUT2D eigenvalue weighted by Gasteiger charge is 2.41. The standard InChI is InChI=1S/C14H20N4O2S/c1-8-5-4-6-14(7-8,19-3)12-17-11(20-18-12)10-9(2)16-13(15)21-10/h8H,4-7H2,1-3H3,(H2,15,16). The zero-order valence-corrected chi connectivity index (χ0v) is 13.4. The predicted molar refractivity (Wildman–Crippen MR) is 80.9 cm³/mol. The van der Waals surface area contributed by atoms with Crippen LogP contribution in [0.3, 0.4) is 0 Å². The summed E-state index contributed by atoms with van der Waals surface area (Å²) in [5.74, 6) is 1.71. The van der Waals surface area contributed by atoms with E-state index in [-0.39, 0.29) is 0 Å². The van der Waals surface area contributed by atoms with Crippen molar-refractivity contribution in [3.05, 3.63) is 11.5 Å². The summed E-state index contributed by atoms with van der Waals surface area (Å²) in [6.45, 7) is 4.13. The molecule has 0 spiro atoms. The van der Waals surface area contributed by atoms with Gasteiger partial charge in [0.2, 0.25) is 5.82 Å². The molecule has 2 N–H and O–H groups in total. The van der Waals surface area contributed by atoms with E-state index >= 15 is 0 Å². The van der Waals surface area contributed by atoms with E-state index in [0.29, 0.717) is 22.8 Å². The minimum atomic E-state index is -0.427. The molecular formula is C14H20N4O2S. The summed E-state index contributed by atoms with van der Waals surface area (Å²) in [7, 11) is 1.73. The van der Waals surface area contributed by atoms with Gasteiger partial charge < -0.3 is 15.0 Å². The Kier molecular flexibility index (Phi) is 3.71. The Morgan fingerprint density at radius 2 is 2.24 bits per heavy atom. The van der Waals surface area contributed by atoms with Crippen LogP contribution in [0.15, 0.2) is 4.52 Å². The maximum atomic E-state index is 5.80. The van der Waals surface area contributed by atoms with Gasteiger partial charge in [-0.1, -0.05) is 29.8 Å². The lowest BCUT2D eigenvalue weighted by atomic mass is 9.78. The summed E-state index contributed by atoms with van der Waals surface area (Å²) in [5, 5.41) is 4.68. The second-order valence-corrected chi connectivity index (χ2v) is 6.82. The summed E-state index contributed by atoms with van der Waals surface area (Å²) in [6, 6.07) is 0. The van der Waals surface area contributed by atoms with Crippen molar-refractivity contribution in [2.45, 2.75) is 45.1 Å². The number of ether oxygens (including phenoxy) is 1. The molecule has 0 radical (unpaired) electrons. The average Bonchev–Trinajstić information content (AvgIpc) is 3.05. The summed E-state index contributed by atoms with van der Waals surface area (Å²) in [4.78, 5) is 9.60. The first-order valence-electron chi connectivity index (χ1n) is 7.16. The van der Waals surface area contributed by atoms with Gasteiger partial charge >= 0.3 is 0 Å². The highest BCUT2D eigenvalue weighted by molar-refractivity contribution is 7.18. The fourth-order valence-electron chi connectivity index (χ4n) is 3.10. The van der Waals surface area contributed by atoms with Gasteiger partial charge in [-0.25, -0.2) is 4.98 Å². The molecule has 0 bridgehead atoms. The van der Waals surface area contributed by atoms with Crippen molar-refractivity contribution in [2.24, 2.45) is 5.92 Å². The van der Waals surface area contributed by atoms with E-state index in [1.807, 2.05) is 6.92 Å². The number of hydrogen-bond donors (Lipinski definition) is 1. The van der Waals surface area contributed by atoms with Gasteiger partial charge in [0.25, 0.3) is 5.89 Å². The lowest BCUT2D eigenvalue weighted by molar-refractivity contribution is -0.0658. The highest BCUT2D eigenvalue weighted by Crippen LogP contribution is 2.42. The molecule has 114 valence electrons. The van der Waals surface area contributed by atoms with Crippen LogP contribution in [0.1, 0.15) is 44.1 Å². The molecular weight excluding hydrogens is 288 g/mol. The molecule has 0 amide bonds. The van der Waals surface area contributed by atoms with Crippen molar-refractivity contribution < 1.29 is 9.26 Å². The van der Waals surface area contributed by atoms with Gasteiger partial charge in [0, 0.05) is 7.11 Å². The third kappa shape index (κ3) is 2.55. The molecule has 0 aromatic carbocycles. The molecule has 1 saturated carbocycles. The van der Waals surface area contributed by atoms with Crippen molar-refractivity contribution in [1.29, 1.82) is 0 Å². The van der Waals surface area contributed by atoms with Crippen LogP contribution in [-0.4, -0.2) is 22.2 Å². The molecule has 2 unspecified atom stereocenters.